The van der Waals surface area contributed by atoms with Crippen LogP contribution >= 0.6 is 0 Å². The predicted molar refractivity (Wildman–Crippen MR) is 70.4 cm³/mol. The number of hydrogen-bond acceptors (Lipinski definition) is 4. The van der Waals surface area contributed by atoms with Gasteiger partial charge in [0.25, 0.3) is 0 Å². The SMILES string of the molecule is CCC1(CC)OCCNC1c1cnnn1C(C)C. The molecule has 1 aliphatic heterocycles. The molecule has 102 valence electrons. The molecule has 1 atom stereocenters. The molecule has 0 aliphatic carbocycles. The lowest BCUT2D eigenvalue weighted by molar-refractivity contribution is -0.105. The van der Waals surface area contributed by atoms with E-state index in [0.29, 0.717) is 6.04 Å². The average Bonchev–Trinajstić information content (AvgIpc) is 2.87. The molecular formula is C13H24N4O. The van der Waals surface area contributed by atoms with Gasteiger partial charge in [0.1, 0.15) is 0 Å². The molecule has 0 amide bonds. The maximum atomic E-state index is 6.10. The van der Waals surface area contributed by atoms with Gasteiger partial charge >= 0.3 is 0 Å². The van der Waals surface area contributed by atoms with Crippen LogP contribution in [0.1, 0.15) is 58.3 Å². The zero-order chi connectivity index (χ0) is 13.2. The van der Waals surface area contributed by atoms with Crippen LogP contribution in [0.3, 0.4) is 0 Å². The van der Waals surface area contributed by atoms with E-state index >= 15 is 0 Å². The Balaban J connectivity index is 2.36. The van der Waals surface area contributed by atoms with Crippen LogP contribution in [-0.4, -0.2) is 33.7 Å². The summed E-state index contributed by atoms with van der Waals surface area (Å²) in [5.74, 6) is 0. The van der Waals surface area contributed by atoms with E-state index in [0.717, 1.165) is 31.7 Å². The summed E-state index contributed by atoms with van der Waals surface area (Å²) in [5, 5.41) is 11.8. The first kappa shape index (κ1) is 13.5. The number of nitrogens with zero attached hydrogens (tertiary/aromatic N) is 3. The molecule has 1 unspecified atom stereocenters. The minimum atomic E-state index is -0.132. The molecular weight excluding hydrogens is 228 g/mol. The van der Waals surface area contributed by atoms with E-state index in [1.165, 1.54) is 0 Å². The van der Waals surface area contributed by atoms with Crippen LogP contribution < -0.4 is 5.32 Å². The van der Waals surface area contributed by atoms with Crippen LogP contribution in [0.2, 0.25) is 0 Å². The van der Waals surface area contributed by atoms with Gasteiger partial charge in [0.2, 0.25) is 0 Å². The Morgan fingerprint density at radius 2 is 2.22 bits per heavy atom. The first-order chi connectivity index (χ1) is 8.64. The average molecular weight is 252 g/mol. The van der Waals surface area contributed by atoms with E-state index in [4.69, 9.17) is 4.74 Å². The van der Waals surface area contributed by atoms with Crippen LogP contribution in [0.25, 0.3) is 0 Å². The highest BCUT2D eigenvalue weighted by atomic mass is 16.5. The monoisotopic (exact) mass is 252 g/mol. The Bertz CT molecular complexity index is 384. The minimum absolute atomic E-state index is 0.132. The number of nitrogens with one attached hydrogen (secondary N) is 1. The summed E-state index contributed by atoms with van der Waals surface area (Å²) in [4.78, 5) is 0. The molecule has 0 radical (unpaired) electrons. The van der Waals surface area contributed by atoms with Gasteiger partial charge in [-0.3, -0.25) is 0 Å². The minimum Gasteiger partial charge on any atom is -0.372 e. The van der Waals surface area contributed by atoms with Crippen LogP contribution in [0.15, 0.2) is 6.20 Å². The van der Waals surface area contributed by atoms with Gasteiger partial charge in [0.15, 0.2) is 0 Å². The van der Waals surface area contributed by atoms with E-state index in [9.17, 15) is 0 Å². The van der Waals surface area contributed by atoms with E-state index in [2.05, 4.69) is 43.3 Å². The summed E-state index contributed by atoms with van der Waals surface area (Å²) in [6.07, 6.45) is 3.85. The van der Waals surface area contributed by atoms with Crippen molar-refractivity contribution in [3.8, 4) is 0 Å². The van der Waals surface area contributed by atoms with Gasteiger partial charge in [-0.1, -0.05) is 19.1 Å². The summed E-state index contributed by atoms with van der Waals surface area (Å²) in [6, 6.07) is 0.497. The Labute approximate surface area is 109 Å². The summed E-state index contributed by atoms with van der Waals surface area (Å²) in [6.45, 7) is 10.3. The Morgan fingerprint density at radius 1 is 1.50 bits per heavy atom. The number of ether oxygens (including phenoxy) is 1. The third-order valence-corrected chi connectivity index (χ3v) is 3.95. The smallest absolute Gasteiger partial charge is 0.0887 e. The summed E-state index contributed by atoms with van der Waals surface area (Å²) in [7, 11) is 0. The zero-order valence-electron chi connectivity index (χ0n) is 11.8. The molecule has 18 heavy (non-hydrogen) atoms. The lowest BCUT2D eigenvalue weighted by atomic mass is 9.85. The van der Waals surface area contributed by atoms with Crippen molar-refractivity contribution in [2.24, 2.45) is 0 Å². The maximum absolute atomic E-state index is 6.10. The fourth-order valence-corrected chi connectivity index (χ4v) is 2.82. The maximum Gasteiger partial charge on any atom is 0.0887 e. The van der Waals surface area contributed by atoms with Crippen LogP contribution in [0, 0.1) is 0 Å². The fourth-order valence-electron chi connectivity index (χ4n) is 2.82. The van der Waals surface area contributed by atoms with Gasteiger partial charge < -0.3 is 10.1 Å². The topological polar surface area (TPSA) is 52.0 Å². The molecule has 2 heterocycles. The van der Waals surface area contributed by atoms with Gasteiger partial charge in [-0.2, -0.15) is 0 Å². The standard InChI is InChI=1S/C13H24N4O/c1-5-13(6-2)12(14-7-8-18-13)11-9-15-16-17(11)10(3)4/h9-10,12,14H,5-8H2,1-4H3. The molecule has 0 spiro atoms. The highest BCUT2D eigenvalue weighted by molar-refractivity contribution is 5.12. The molecule has 0 aromatic carbocycles. The van der Waals surface area contributed by atoms with Gasteiger partial charge in [-0.15, -0.1) is 5.10 Å². The van der Waals surface area contributed by atoms with E-state index < -0.39 is 0 Å². The first-order valence-corrected chi connectivity index (χ1v) is 6.92. The normalized spacial score (nSPS) is 23.5. The quantitative estimate of drug-likeness (QED) is 0.891. The molecule has 5 heteroatoms. The second-order valence-electron chi connectivity index (χ2n) is 5.20. The van der Waals surface area contributed by atoms with Crippen molar-refractivity contribution in [2.75, 3.05) is 13.2 Å². The van der Waals surface area contributed by atoms with Crippen molar-refractivity contribution >= 4 is 0 Å². The van der Waals surface area contributed by atoms with Crippen molar-refractivity contribution in [2.45, 2.75) is 58.2 Å². The fraction of sp³-hybridized carbons (Fsp3) is 0.846. The molecule has 1 N–H and O–H groups in total. The summed E-state index contributed by atoms with van der Waals surface area (Å²) >= 11 is 0. The van der Waals surface area contributed by atoms with Gasteiger partial charge in [-0.25, -0.2) is 4.68 Å². The summed E-state index contributed by atoms with van der Waals surface area (Å²) < 4.78 is 8.10. The van der Waals surface area contributed by atoms with Crippen LogP contribution in [0.4, 0.5) is 0 Å². The number of aromatic nitrogens is 3. The molecule has 1 aromatic heterocycles. The molecule has 5 nitrogen and oxygen atoms in total. The summed E-state index contributed by atoms with van der Waals surface area (Å²) in [5.41, 5.74) is 1.00. The van der Waals surface area contributed by atoms with E-state index in [-0.39, 0.29) is 11.6 Å². The van der Waals surface area contributed by atoms with Crippen molar-refractivity contribution in [1.29, 1.82) is 0 Å². The van der Waals surface area contributed by atoms with Gasteiger partial charge in [0.05, 0.1) is 30.1 Å². The number of morpholine rings is 1. The Kier molecular flexibility index (Phi) is 4.02. The van der Waals surface area contributed by atoms with Crippen molar-refractivity contribution in [3.05, 3.63) is 11.9 Å². The molecule has 1 fully saturated rings. The molecule has 0 saturated carbocycles. The zero-order valence-corrected chi connectivity index (χ0v) is 11.8. The van der Waals surface area contributed by atoms with Gasteiger partial charge in [-0.05, 0) is 26.7 Å². The molecule has 2 rings (SSSR count). The van der Waals surface area contributed by atoms with Crippen molar-refractivity contribution in [1.82, 2.24) is 20.3 Å². The molecule has 1 aromatic rings. The second-order valence-corrected chi connectivity index (χ2v) is 5.20. The van der Waals surface area contributed by atoms with E-state index in [1.54, 1.807) is 0 Å². The van der Waals surface area contributed by atoms with Crippen LogP contribution in [-0.2, 0) is 4.74 Å². The van der Waals surface area contributed by atoms with Crippen LogP contribution in [0.5, 0.6) is 0 Å². The van der Waals surface area contributed by atoms with Gasteiger partial charge in [0, 0.05) is 12.6 Å². The second kappa shape index (κ2) is 5.36. The molecule has 0 bridgehead atoms. The lowest BCUT2D eigenvalue weighted by Gasteiger charge is -2.43. The lowest BCUT2D eigenvalue weighted by Crippen LogP contribution is -2.52. The third-order valence-electron chi connectivity index (χ3n) is 3.95. The predicted octanol–water partition coefficient (Wildman–Crippen LogP) is 2.08. The Morgan fingerprint density at radius 3 is 2.83 bits per heavy atom. The number of hydrogen-bond donors (Lipinski definition) is 1. The van der Waals surface area contributed by atoms with Crippen molar-refractivity contribution < 1.29 is 4.74 Å². The first-order valence-electron chi connectivity index (χ1n) is 6.92. The highest BCUT2D eigenvalue weighted by Gasteiger charge is 2.42. The molecule has 1 aliphatic rings. The third kappa shape index (κ3) is 2.17. The molecule has 1 saturated heterocycles. The highest BCUT2D eigenvalue weighted by Crippen LogP contribution is 2.37. The van der Waals surface area contributed by atoms with Crippen molar-refractivity contribution in [3.63, 3.8) is 0 Å². The Hall–Kier alpha value is -0.940. The van der Waals surface area contributed by atoms with E-state index in [1.807, 2.05) is 10.9 Å². The largest absolute Gasteiger partial charge is 0.372 e. The number of rotatable bonds is 4.